The van der Waals surface area contributed by atoms with E-state index in [9.17, 15) is 9.59 Å². The highest BCUT2D eigenvalue weighted by atomic mass is 16.5. The van der Waals surface area contributed by atoms with E-state index in [2.05, 4.69) is 15.4 Å². The molecular weight excluding hydrogens is 272 g/mol. The second-order valence-corrected chi connectivity index (χ2v) is 4.71. The first kappa shape index (κ1) is 16.8. The molecule has 0 fully saturated rings. The van der Waals surface area contributed by atoms with Crippen LogP contribution in [0, 0.1) is 20.8 Å². The topological polar surface area (TPSA) is 76.7 Å². The van der Waals surface area contributed by atoms with Crippen LogP contribution in [0.1, 0.15) is 16.7 Å². The second kappa shape index (κ2) is 8.14. The largest absolute Gasteiger partial charge is 0.483 e. The van der Waals surface area contributed by atoms with E-state index in [-0.39, 0.29) is 12.5 Å². The molecule has 1 aromatic rings. The number of amides is 2. The molecule has 2 N–H and O–H groups in total. The molecule has 21 heavy (non-hydrogen) atoms. The first-order valence-electron chi connectivity index (χ1n) is 6.73. The SMILES string of the molecule is COC(=O)NCCNC(=O)COc1c(C)ccc(C)c1C. The van der Waals surface area contributed by atoms with Crippen LogP contribution in [0.15, 0.2) is 12.1 Å². The third kappa shape index (κ3) is 5.33. The molecule has 0 aromatic heterocycles. The van der Waals surface area contributed by atoms with Gasteiger partial charge in [-0.2, -0.15) is 0 Å². The summed E-state index contributed by atoms with van der Waals surface area (Å²) in [6.45, 7) is 6.49. The van der Waals surface area contributed by atoms with E-state index >= 15 is 0 Å². The van der Waals surface area contributed by atoms with Gasteiger partial charge in [-0.3, -0.25) is 4.79 Å². The fourth-order valence-corrected chi connectivity index (χ4v) is 1.78. The molecule has 0 aliphatic heterocycles. The summed E-state index contributed by atoms with van der Waals surface area (Å²) in [5.41, 5.74) is 3.16. The number of aryl methyl sites for hydroxylation is 2. The fourth-order valence-electron chi connectivity index (χ4n) is 1.78. The van der Waals surface area contributed by atoms with Gasteiger partial charge in [-0.25, -0.2) is 4.79 Å². The molecule has 6 nitrogen and oxygen atoms in total. The summed E-state index contributed by atoms with van der Waals surface area (Å²) in [5.74, 6) is 0.514. The van der Waals surface area contributed by atoms with Crippen molar-refractivity contribution in [1.82, 2.24) is 10.6 Å². The first-order valence-corrected chi connectivity index (χ1v) is 6.73. The van der Waals surface area contributed by atoms with Gasteiger partial charge >= 0.3 is 6.09 Å². The van der Waals surface area contributed by atoms with Crippen molar-refractivity contribution in [2.24, 2.45) is 0 Å². The van der Waals surface area contributed by atoms with Gasteiger partial charge in [0.05, 0.1) is 7.11 Å². The molecule has 1 rings (SSSR count). The van der Waals surface area contributed by atoms with Crippen molar-refractivity contribution in [3.8, 4) is 5.75 Å². The van der Waals surface area contributed by atoms with Crippen molar-refractivity contribution >= 4 is 12.0 Å². The summed E-state index contributed by atoms with van der Waals surface area (Å²) in [5, 5.41) is 5.12. The van der Waals surface area contributed by atoms with Gasteiger partial charge in [-0.05, 0) is 37.5 Å². The minimum absolute atomic E-state index is 0.0522. The van der Waals surface area contributed by atoms with Crippen molar-refractivity contribution in [1.29, 1.82) is 0 Å². The minimum atomic E-state index is -0.522. The predicted molar refractivity (Wildman–Crippen MR) is 79.6 cm³/mol. The van der Waals surface area contributed by atoms with Crippen molar-refractivity contribution < 1.29 is 19.1 Å². The highest BCUT2D eigenvalue weighted by Crippen LogP contribution is 2.25. The van der Waals surface area contributed by atoms with E-state index in [4.69, 9.17) is 4.74 Å². The van der Waals surface area contributed by atoms with E-state index in [1.54, 1.807) is 0 Å². The molecule has 0 atom stereocenters. The standard InChI is InChI=1S/C15H22N2O4/c1-10-5-6-11(2)14(12(10)3)21-9-13(18)16-7-8-17-15(19)20-4/h5-6H,7-9H2,1-4H3,(H,16,18)(H,17,19). The van der Waals surface area contributed by atoms with Crippen molar-refractivity contribution in [3.05, 3.63) is 28.8 Å². The van der Waals surface area contributed by atoms with Gasteiger partial charge in [0, 0.05) is 13.1 Å². The summed E-state index contributed by atoms with van der Waals surface area (Å²) in [6.07, 6.45) is -0.522. The lowest BCUT2D eigenvalue weighted by atomic mass is 10.1. The average Bonchev–Trinajstić information content (AvgIpc) is 2.47. The molecule has 2 amide bonds. The lowest BCUT2D eigenvalue weighted by Crippen LogP contribution is -2.36. The monoisotopic (exact) mass is 294 g/mol. The smallest absolute Gasteiger partial charge is 0.406 e. The summed E-state index contributed by atoms with van der Waals surface area (Å²) < 4.78 is 10.00. The molecule has 0 heterocycles. The highest BCUT2D eigenvalue weighted by Gasteiger charge is 2.09. The number of carbonyl (C=O) groups excluding carboxylic acids is 2. The number of ether oxygens (including phenoxy) is 2. The quantitative estimate of drug-likeness (QED) is 0.779. The predicted octanol–water partition coefficient (Wildman–Crippen LogP) is 1.46. The molecule has 116 valence electrons. The number of carbonyl (C=O) groups is 2. The van der Waals surface area contributed by atoms with Gasteiger partial charge < -0.3 is 20.1 Å². The molecule has 0 aliphatic rings. The zero-order chi connectivity index (χ0) is 15.8. The molecule has 6 heteroatoms. The van der Waals surface area contributed by atoms with Crippen LogP contribution in [-0.4, -0.2) is 38.8 Å². The van der Waals surface area contributed by atoms with Crippen molar-refractivity contribution in [2.75, 3.05) is 26.8 Å². The van der Waals surface area contributed by atoms with E-state index in [0.717, 1.165) is 22.4 Å². The Hall–Kier alpha value is -2.24. The third-order valence-corrected chi connectivity index (χ3v) is 3.12. The van der Waals surface area contributed by atoms with Crippen LogP contribution >= 0.6 is 0 Å². The van der Waals surface area contributed by atoms with Crippen LogP contribution in [0.5, 0.6) is 5.75 Å². The summed E-state index contributed by atoms with van der Waals surface area (Å²) in [6, 6.07) is 3.99. The number of nitrogens with one attached hydrogen (secondary N) is 2. The molecule has 0 bridgehead atoms. The van der Waals surface area contributed by atoms with Crippen molar-refractivity contribution in [2.45, 2.75) is 20.8 Å². The van der Waals surface area contributed by atoms with Crippen LogP contribution in [0.4, 0.5) is 4.79 Å². The Labute approximate surface area is 124 Å². The van der Waals surface area contributed by atoms with Crippen LogP contribution in [0.2, 0.25) is 0 Å². The number of hydrogen-bond acceptors (Lipinski definition) is 4. The lowest BCUT2D eigenvalue weighted by molar-refractivity contribution is -0.123. The van der Waals surface area contributed by atoms with E-state index in [0.29, 0.717) is 13.1 Å². The third-order valence-electron chi connectivity index (χ3n) is 3.12. The van der Waals surface area contributed by atoms with E-state index in [1.807, 2.05) is 32.9 Å². The van der Waals surface area contributed by atoms with Crippen molar-refractivity contribution in [3.63, 3.8) is 0 Å². The maximum absolute atomic E-state index is 11.7. The molecule has 0 radical (unpaired) electrons. The lowest BCUT2D eigenvalue weighted by Gasteiger charge is -2.14. The van der Waals surface area contributed by atoms with E-state index in [1.165, 1.54) is 7.11 Å². The maximum Gasteiger partial charge on any atom is 0.406 e. The molecule has 0 spiro atoms. The Balaban J connectivity index is 2.37. The zero-order valence-electron chi connectivity index (χ0n) is 12.9. The van der Waals surface area contributed by atoms with Crippen LogP contribution in [0.25, 0.3) is 0 Å². The summed E-state index contributed by atoms with van der Waals surface area (Å²) in [7, 11) is 1.29. The van der Waals surface area contributed by atoms with Gasteiger partial charge in [0.25, 0.3) is 5.91 Å². The number of rotatable bonds is 6. The molecular formula is C15H22N2O4. The average molecular weight is 294 g/mol. The molecule has 0 unspecified atom stereocenters. The zero-order valence-corrected chi connectivity index (χ0v) is 12.9. The van der Waals surface area contributed by atoms with Gasteiger partial charge in [0.15, 0.2) is 6.61 Å². The molecule has 1 aromatic carbocycles. The summed E-state index contributed by atoms with van der Waals surface area (Å²) >= 11 is 0. The number of alkyl carbamates (subject to hydrolysis) is 1. The maximum atomic E-state index is 11.7. The normalized spacial score (nSPS) is 9.90. The number of methoxy groups -OCH3 is 1. The first-order chi connectivity index (χ1) is 9.95. The second-order valence-electron chi connectivity index (χ2n) is 4.71. The highest BCUT2D eigenvalue weighted by molar-refractivity contribution is 5.77. The van der Waals surface area contributed by atoms with Crippen LogP contribution < -0.4 is 15.4 Å². The molecule has 0 saturated carbocycles. The number of benzene rings is 1. The Morgan fingerprint density at radius 1 is 1.05 bits per heavy atom. The molecule has 0 saturated heterocycles. The Morgan fingerprint density at radius 3 is 2.33 bits per heavy atom. The van der Waals surface area contributed by atoms with Gasteiger partial charge in [0.2, 0.25) is 0 Å². The summed E-state index contributed by atoms with van der Waals surface area (Å²) in [4.78, 5) is 22.5. The van der Waals surface area contributed by atoms with E-state index < -0.39 is 6.09 Å². The Morgan fingerprint density at radius 2 is 1.67 bits per heavy atom. The minimum Gasteiger partial charge on any atom is -0.483 e. The Bertz CT molecular complexity index is 515. The van der Waals surface area contributed by atoms with Gasteiger partial charge in [-0.1, -0.05) is 12.1 Å². The Kier molecular flexibility index (Phi) is 6.52. The number of hydrogen-bond donors (Lipinski definition) is 2. The van der Waals surface area contributed by atoms with Gasteiger partial charge in [0.1, 0.15) is 5.75 Å². The van der Waals surface area contributed by atoms with Gasteiger partial charge in [-0.15, -0.1) is 0 Å². The fraction of sp³-hybridized carbons (Fsp3) is 0.467. The van der Waals surface area contributed by atoms with Crippen LogP contribution in [-0.2, 0) is 9.53 Å². The van der Waals surface area contributed by atoms with Crippen LogP contribution in [0.3, 0.4) is 0 Å². The molecule has 0 aliphatic carbocycles.